The third-order valence-electron chi connectivity index (χ3n) is 3.73. The molecule has 2 atom stereocenters. The Balaban J connectivity index is 1.97. The molecule has 0 bridgehead atoms. The van der Waals surface area contributed by atoms with Crippen molar-refractivity contribution in [3.8, 4) is 11.8 Å². The highest BCUT2D eigenvalue weighted by atomic mass is 16.5. The fraction of sp³-hybridized carbons (Fsp3) is 0.250. The van der Waals surface area contributed by atoms with Gasteiger partial charge in [-0.3, -0.25) is 4.98 Å². The Hall–Kier alpha value is -2.38. The van der Waals surface area contributed by atoms with Gasteiger partial charge in [0.15, 0.2) is 0 Å². The minimum atomic E-state index is -0.963. The van der Waals surface area contributed by atoms with Crippen LogP contribution in [0.5, 0.6) is 5.75 Å². The summed E-state index contributed by atoms with van der Waals surface area (Å²) in [5.41, 5.74) is 0.674. The lowest BCUT2D eigenvalue weighted by Crippen LogP contribution is -2.39. The highest BCUT2D eigenvalue weighted by Gasteiger charge is 2.43. The molecule has 2 heterocycles. The number of aliphatic hydroxyl groups excluding tert-OH is 1. The molecule has 0 spiro atoms. The standard InChI is InChI=1S/C16H14N2O2/c17-10-16(15(19)12-5-7-18-8-6-12)9-13-3-1-2-4-14(13)20-11-16/h1-8,15,19H,9,11H2. The fourth-order valence-corrected chi connectivity index (χ4v) is 2.56. The van der Waals surface area contributed by atoms with E-state index in [1.165, 1.54) is 0 Å². The molecule has 3 rings (SSSR count). The molecule has 0 radical (unpaired) electrons. The number of ether oxygens (including phenoxy) is 1. The number of fused-ring (bicyclic) bond motifs is 1. The van der Waals surface area contributed by atoms with Gasteiger partial charge in [0.1, 0.15) is 23.9 Å². The van der Waals surface area contributed by atoms with Crippen molar-refractivity contribution in [2.75, 3.05) is 6.61 Å². The first-order chi connectivity index (χ1) is 9.75. The number of pyridine rings is 1. The maximum absolute atomic E-state index is 10.6. The van der Waals surface area contributed by atoms with Crippen molar-refractivity contribution in [3.63, 3.8) is 0 Å². The van der Waals surface area contributed by atoms with Crippen LogP contribution in [0.3, 0.4) is 0 Å². The fourth-order valence-electron chi connectivity index (χ4n) is 2.56. The van der Waals surface area contributed by atoms with Crippen molar-refractivity contribution in [2.24, 2.45) is 5.41 Å². The topological polar surface area (TPSA) is 66.1 Å². The Morgan fingerprint density at radius 2 is 2.00 bits per heavy atom. The van der Waals surface area contributed by atoms with Gasteiger partial charge in [-0.25, -0.2) is 0 Å². The van der Waals surface area contributed by atoms with Gasteiger partial charge in [-0.15, -0.1) is 0 Å². The lowest BCUT2D eigenvalue weighted by molar-refractivity contribution is 0.0171. The van der Waals surface area contributed by atoms with Gasteiger partial charge >= 0.3 is 0 Å². The summed E-state index contributed by atoms with van der Waals surface area (Å²) in [6.45, 7) is 0.185. The van der Waals surface area contributed by atoms with Crippen molar-refractivity contribution in [1.82, 2.24) is 4.98 Å². The summed E-state index contributed by atoms with van der Waals surface area (Å²) < 4.78 is 5.67. The molecule has 0 amide bonds. The first-order valence-electron chi connectivity index (χ1n) is 6.45. The molecule has 100 valence electrons. The maximum Gasteiger partial charge on any atom is 0.125 e. The van der Waals surface area contributed by atoms with Crippen LogP contribution < -0.4 is 4.74 Å². The SMILES string of the molecule is N#CC1(C(O)c2ccncc2)COc2ccccc2C1. The predicted octanol–water partition coefficient (Wildman–Crippen LogP) is 2.26. The number of hydrogen-bond acceptors (Lipinski definition) is 4. The number of hydrogen-bond donors (Lipinski definition) is 1. The normalized spacial score (nSPS) is 22.2. The molecule has 1 aromatic heterocycles. The molecule has 0 saturated carbocycles. The van der Waals surface area contributed by atoms with Crippen molar-refractivity contribution in [1.29, 1.82) is 5.26 Å². The van der Waals surface area contributed by atoms with Gasteiger partial charge in [0.25, 0.3) is 0 Å². The molecule has 0 fully saturated rings. The average Bonchev–Trinajstić information content (AvgIpc) is 2.54. The molecule has 4 heteroatoms. The zero-order chi connectivity index (χ0) is 14.0. The molecule has 1 aliphatic rings. The van der Waals surface area contributed by atoms with Gasteiger partial charge in [0, 0.05) is 18.8 Å². The van der Waals surface area contributed by atoms with E-state index in [9.17, 15) is 10.4 Å². The van der Waals surface area contributed by atoms with Crippen molar-refractivity contribution in [3.05, 3.63) is 59.9 Å². The summed E-state index contributed by atoms with van der Waals surface area (Å²) in [6, 6.07) is 13.3. The van der Waals surface area contributed by atoms with Crippen LogP contribution in [0.2, 0.25) is 0 Å². The molecule has 4 nitrogen and oxygen atoms in total. The number of nitrogens with zero attached hydrogens (tertiary/aromatic N) is 2. The van der Waals surface area contributed by atoms with Crippen LogP contribution in [0, 0.1) is 16.7 Å². The molecule has 0 aliphatic carbocycles. The van der Waals surface area contributed by atoms with Gasteiger partial charge in [-0.05, 0) is 29.3 Å². The minimum Gasteiger partial charge on any atom is -0.492 e. The predicted molar refractivity (Wildman–Crippen MR) is 72.9 cm³/mol. The van der Waals surface area contributed by atoms with Crippen LogP contribution >= 0.6 is 0 Å². The molecule has 1 aliphatic heterocycles. The van der Waals surface area contributed by atoms with Crippen LogP contribution in [0.4, 0.5) is 0 Å². The van der Waals surface area contributed by atoms with E-state index in [1.54, 1.807) is 24.5 Å². The summed E-state index contributed by atoms with van der Waals surface area (Å²) in [4.78, 5) is 3.93. The monoisotopic (exact) mass is 266 g/mol. The molecule has 2 aromatic rings. The first-order valence-corrected chi connectivity index (χ1v) is 6.45. The van der Waals surface area contributed by atoms with Gasteiger partial charge in [0.2, 0.25) is 0 Å². The van der Waals surface area contributed by atoms with Gasteiger partial charge < -0.3 is 9.84 Å². The van der Waals surface area contributed by atoms with Crippen molar-refractivity contribution in [2.45, 2.75) is 12.5 Å². The first kappa shape index (κ1) is 12.6. The third kappa shape index (κ3) is 2.02. The number of para-hydroxylation sites is 1. The molecule has 1 aromatic carbocycles. The highest BCUT2D eigenvalue weighted by molar-refractivity contribution is 5.38. The van der Waals surface area contributed by atoms with E-state index in [1.807, 2.05) is 24.3 Å². The van der Waals surface area contributed by atoms with Crippen LogP contribution in [0.25, 0.3) is 0 Å². The number of benzene rings is 1. The summed E-state index contributed by atoms with van der Waals surface area (Å²) in [5, 5.41) is 20.2. The number of aliphatic hydroxyl groups is 1. The van der Waals surface area contributed by atoms with Crippen molar-refractivity contribution >= 4 is 0 Å². The van der Waals surface area contributed by atoms with Gasteiger partial charge in [-0.2, -0.15) is 5.26 Å². The van der Waals surface area contributed by atoms with E-state index in [2.05, 4.69) is 11.1 Å². The summed E-state index contributed by atoms with van der Waals surface area (Å²) in [6.07, 6.45) is 2.80. The second kappa shape index (κ2) is 4.95. The van der Waals surface area contributed by atoms with Crippen LogP contribution in [-0.2, 0) is 6.42 Å². The van der Waals surface area contributed by atoms with Crippen LogP contribution in [0.15, 0.2) is 48.8 Å². The number of aromatic nitrogens is 1. The molecule has 0 saturated heterocycles. The Morgan fingerprint density at radius 1 is 1.25 bits per heavy atom. The molecule has 2 unspecified atom stereocenters. The Kier molecular flexibility index (Phi) is 3.13. The largest absolute Gasteiger partial charge is 0.492 e. The summed E-state index contributed by atoms with van der Waals surface area (Å²) >= 11 is 0. The van der Waals surface area contributed by atoms with E-state index >= 15 is 0 Å². The lowest BCUT2D eigenvalue weighted by Gasteiger charge is -2.36. The number of rotatable bonds is 2. The Labute approximate surface area is 117 Å². The second-order valence-corrected chi connectivity index (χ2v) is 5.02. The Morgan fingerprint density at radius 3 is 2.75 bits per heavy atom. The summed E-state index contributed by atoms with van der Waals surface area (Å²) in [7, 11) is 0. The number of nitriles is 1. The minimum absolute atomic E-state index is 0.185. The summed E-state index contributed by atoms with van der Waals surface area (Å²) in [5.74, 6) is 0.792. The zero-order valence-electron chi connectivity index (χ0n) is 10.9. The van der Waals surface area contributed by atoms with E-state index in [4.69, 9.17) is 4.74 Å². The smallest absolute Gasteiger partial charge is 0.125 e. The quantitative estimate of drug-likeness (QED) is 0.905. The third-order valence-corrected chi connectivity index (χ3v) is 3.73. The zero-order valence-corrected chi connectivity index (χ0v) is 10.9. The van der Waals surface area contributed by atoms with Crippen LogP contribution in [-0.4, -0.2) is 16.7 Å². The van der Waals surface area contributed by atoms with Crippen molar-refractivity contribution < 1.29 is 9.84 Å². The second-order valence-electron chi connectivity index (χ2n) is 5.02. The van der Waals surface area contributed by atoms with E-state index in [0.29, 0.717) is 12.0 Å². The molecular formula is C16H14N2O2. The molecule has 20 heavy (non-hydrogen) atoms. The lowest BCUT2D eigenvalue weighted by atomic mass is 9.75. The van der Waals surface area contributed by atoms with Crippen LogP contribution in [0.1, 0.15) is 17.2 Å². The van der Waals surface area contributed by atoms with Gasteiger partial charge in [0.05, 0.1) is 6.07 Å². The molecular weight excluding hydrogens is 252 g/mol. The van der Waals surface area contributed by atoms with E-state index in [0.717, 1.165) is 11.3 Å². The molecule has 1 N–H and O–H groups in total. The highest BCUT2D eigenvalue weighted by Crippen LogP contribution is 2.42. The maximum atomic E-state index is 10.6. The van der Waals surface area contributed by atoms with E-state index in [-0.39, 0.29) is 6.61 Å². The van der Waals surface area contributed by atoms with Gasteiger partial charge in [-0.1, -0.05) is 18.2 Å². The Bertz CT molecular complexity index is 651. The average molecular weight is 266 g/mol. The van der Waals surface area contributed by atoms with E-state index < -0.39 is 11.5 Å².